The van der Waals surface area contributed by atoms with Crippen molar-refractivity contribution in [1.29, 1.82) is 0 Å². The second kappa shape index (κ2) is 8.34. The van der Waals surface area contributed by atoms with Crippen LogP contribution in [0.15, 0.2) is 12.7 Å². The molecule has 0 aliphatic heterocycles. The summed E-state index contributed by atoms with van der Waals surface area (Å²) < 4.78 is 5.56. The molecule has 0 radical (unpaired) electrons. The van der Waals surface area contributed by atoms with E-state index in [1.165, 1.54) is 0 Å². The van der Waals surface area contributed by atoms with E-state index in [0.717, 1.165) is 12.8 Å². The zero-order valence-corrected chi connectivity index (χ0v) is 11.7. The van der Waals surface area contributed by atoms with Crippen LogP contribution >= 0.6 is 17.0 Å². The third-order valence-corrected chi connectivity index (χ3v) is 7.55. The van der Waals surface area contributed by atoms with Gasteiger partial charge in [-0.1, -0.05) is 31.3 Å². The summed E-state index contributed by atoms with van der Waals surface area (Å²) in [5.41, 5.74) is -2.24. The van der Waals surface area contributed by atoms with Gasteiger partial charge in [-0.05, 0) is 24.6 Å². The van der Waals surface area contributed by atoms with Gasteiger partial charge >= 0.3 is 0 Å². The highest BCUT2D eigenvalue weighted by atomic mass is 32.9. The lowest BCUT2D eigenvalue weighted by atomic mass is 10.4. The van der Waals surface area contributed by atoms with Gasteiger partial charge < -0.3 is 9.61 Å². The predicted molar refractivity (Wildman–Crippen MR) is 71.6 cm³/mol. The summed E-state index contributed by atoms with van der Waals surface area (Å²) in [6.45, 7) is 8.29. The first-order valence-corrected chi connectivity index (χ1v) is 9.03. The molecule has 0 aromatic rings. The molecule has 0 heterocycles. The topological polar surface area (TPSA) is 38.3 Å². The molecule has 0 saturated heterocycles. The van der Waals surface area contributed by atoms with Crippen LogP contribution in [0.25, 0.3) is 0 Å². The highest BCUT2D eigenvalue weighted by molar-refractivity contribution is 8.69. The lowest BCUT2D eigenvalue weighted by Gasteiger charge is -2.22. The summed E-state index contributed by atoms with van der Waals surface area (Å²) in [5, 5.41) is 3.03. The summed E-state index contributed by atoms with van der Waals surface area (Å²) in [7, 11) is 0. The van der Waals surface area contributed by atoms with Gasteiger partial charge in [0, 0.05) is 5.25 Å². The largest absolute Gasteiger partial charge is 0.326 e. The number of hydrogen-bond acceptors (Lipinski definition) is 4. The second-order valence-corrected chi connectivity index (χ2v) is 9.92. The number of hydrogen-bond donors (Lipinski definition) is 1. The monoisotopic (exact) mass is 267 g/mol. The van der Waals surface area contributed by atoms with Crippen molar-refractivity contribution in [3.63, 3.8) is 0 Å². The fourth-order valence-electron chi connectivity index (χ4n) is 0.730. The van der Waals surface area contributed by atoms with E-state index in [1.54, 1.807) is 17.5 Å². The Morgan fingerprint density at radius 2 is 2.40 bits per heavy atom. The molecule has 1 N–H and O–H groups in total. The lowest BCUT2D eigenvalue weighted by Crippen LogP contribution is -2.10. The lowest BCUT2D eigenvalue weighted by molar-refractivity contribution is -0.108. The van der Waals surface area contributed by atoms with Crippen LogP contribution in [-0.4, -0.2) is 18.3 Å². The highest BCUT2D eigenvalue weighted by Crippen LogP contribution is 2.58. The average Bonchev–Trinajstić information content (AvgIpc) is 2.18. The van der Waals surface area contributed by atoms with E-state index in [9.17, 15) is 4.79 Å². The number of nitrogens with one attached hydrogen (secondary N) is 1. The summed E-state index contributed by atoms with van der Waals surface area (Å²) in [6.07, 6.45) is 4.16. The van der Waals surface area contributed by atoms with Crippen molar-refractivity contribution in [2.45, 2.75) is 31.9 Å². The molecule has 88 valence electrons. The molecule has 0 rings (SSSR count). The van der Waals surface area contributed by atoms with Crippen molar-refractivity contribution in [2.75, 3.05) is 6.61 Å². The predicted octanol–water partition coefficient (Wildman–Crippen LogP) is 3.08. The molecule has 0 fully saturated rings. The van der Waals surface area contributed by atoms with Crippen molar-refractivity contribution in [2.24, 2.45) is 0 Å². The Hall–Kier alpha value is 0.170. The van der Waals surface area contributed by atoms with Gasteiger partial charge in [-0.25, -0.2) is 0 Å². The molecule has 0 aromatic carbocycles. The van der Waals surface area contributed by atoms with Gasteiger partial charge in [-0.2, -0.15) is 0 Å². The molecular formula is C9H18NO2PS2. The Labute approximate surface area is 101 Å². The van der Waals surface area contributed by atoms with Gasteiger partial charge in [-0.3, -0.25) is 4.79 Å². The summed E-state index contributed by atoms with van der Waals surface area (Å²) >= 11 is 6.88. The van der Waals surface area contributed by atoms with Gasteiger partial charge in [0.2, 0.25) is 12.0 Å². The smallest absolute Gasteiger partial charge is 0.213 e. The van der Waals surface area contributed by atoms with E-state index >= 15 is 0 Å². The van der Waals surface area contributed by atoms with Crippen molar-refractivity contribution < 1.29 is 9.32 Å². The molecule has 2 unspecified atom stereocenters. The molecule has 0 bridgehead atoms. The van der Waals surface area contributed by atoms with E-state index in [4.69, 9.17) is 16.3 Å². The Kier molecular flexibility index (Phi) is 8.43. The molecular weight excluding hydrogens is 249 g/mol. The average molecular weight is 267 g/mol. The maximum Gasteiger partial charge on any atom is 0.213 e. The molecule has 1 amide bonds. The number of carbonyl (C=O) groups is 1. The van der Waals surface area contributed by atoms with Crippen LogP contribution in [-0.2, 0) is 21.1 Å². The first kappa shape index (κ1) is 15.2. The van der Waals surface area contributed by atoms with Crippen LogP contribution in [0.5, 0.6) is 0 Å². The Morgan fingerprint density at radius 3 is 2.87 bits per heavy atom. The first-order valence-electron chi connectivity index (χ1n) is 4.83. The normalized spacial score (nSPS) is 16.4. The molecule has 15 heavy (non-hydrogen) atoms. The minimum absolute atomic E-state index is 0.395. The molecule has 0 spiro atoms. The quantitative estimate of drug-likeness (QED) is 0.301. The first-order chi connectivity index (χ1) is 7.08. The minimum Gasteiger partial charge on any atom is -0.326 e. The van der Waals surface area contributed by atoms with E-state index in [1.807, 2.05) is 0 Å². The number of amides is 1. The summed E-state index contributed by atoms with van der Waals surface area (Å²) in [5.74, 6) is 0. The van der Waals surface area contributed by atoms with Crippen LogP contribution in [0.3, 0.4) is 0 Å². The van der Waals surface area contributed by atoms with Crippen LogP contribution < -0.4 is 5.09 Å². The number of carbonyl (C=O) groups excluding carboxylic acids is 1. The molecule has 2 atom stereocenters. The van der Waals surface area contributed by atoms with Crippen molar-refractivity contribution in [3.8, 4) is 0 Å². The standard InChI is InChI=1S/C9H18NO2PS2/c1-4-6-7-12-13(14,10-8-11)15-9(3)5-2/h4,8-9H,1,5-7H2,2-3H3,(H,10,11,14). The third kappa shape index (κ3) is 7.12. The highest BCUT2D eigenvalue weighted by Gasteiger charge is 2.20. The third-order valence-electron chi connectivity index (χ3n) is 1.69. The minimum atomic E-state index is -2.24. The van der Waals surface area contributed by atoms with Crippen LogP contribution in [0.4, 0.5) is 0 Å². The molecule has 0 aliphatic carbocycles. The maximum absolute atomic E-state index is 10.5. The second-order valence-electron chi connectivity index (χ2n) is 2.98. The Morgan fingerprint density at radius 1 is 1.73 bits per heavy atom. The zero-order valence-electron chi connectivity index (χ0n) is 9.14. The Balaban J connectivity index is 4.23. The molecule has 6 heteroatoms. The Bertz CT molecular complexity index is 248. The summed E-state index contributed by atoms with van der Waals surface area (Å²) in [4.78, 5) is 10.5. The molecule has 0 aliphatic rings. The van der Waals surface area contributed by atoms with Gasteiger partial charge in [0.1, 0.15) is 0 Å². The van der Waals surface area contributed by atoms with Gasteiger partial charge in [-0.15, -0.1) is 6.58 Å². The fourth-order valence-corrected chi connectivity index (χ4v) is 6.29. The molecule has 3 nitrogen and oxygen atoms in total. The number of rotatable bonds is 9. The molecule has 0 aromatic heterocycles. The van der Waals surface area contributed by atoms with Crippen LogP contribution in [0.1, 0.15) is 26.7 Å². The zero-order chi connectivity index (χ0) is 11.7. The van der Waals surface area contributed by atoms with E-state index in [0.29, 0.717) is 18.3 Å². The van der Waals surface area contributed by atoms with E-state index in [-0.39, 0.29) is 0 Å². The van der Waals surface area contributed by atoms with Crippen molar-refractivity contribution in [3.05, 3.63) is 12.7 Å². The van der Waals surface area contributed by atoms with Crippen molar-refractivity contribution in [1.82, 2.24) is 5.09 Å². The van der Waals surface area contributed by atoms with Crippen LogP contribution in [0, 0.1) is 0 Å². The van der Waals surface area contributed by atoms with E-state index in [2.05, 4.69) is 25.5 Å². The van der Waals surface area contributed by atoms with E-state index < -0.39 is 5.62 Å². The SMILES string of the molecule is C=CCCOP(=S)(NC=O)SC(C)CC. The molecule has 0 saturated carbocycles. The fraction of sp³-hybridized carbons (Fsp3) is 0.667. The summed E-state index contributed by atoms with van der Waals surface area (Å²) in [6, 6.07) is 0. The maximum atomic E-state index is 10.5. The van der Waals surface area contributed by atoms with Gasteiger partial charge in [0.15, 0.2) is 0 Å². The van der Waals surface area contributed by atoms with Gasteiger partial charge in [0.05, 0.1) is 6.61 Å². The van der Waals surface area contributed by atoms with Crippen LogP contribution in [0.2, 0.25) is 0 Å². The van der Waals surface area contributed by atoms with Crippen molar-refractivity contribution >= 4 is 35.2 Å². The van der Waals surface area contributed by atoms with Gasteiger partial charge in [0.25, 0.3) is 0 Å².